The Hall–Kier alpha value is -2.68. The lowest BCUT2D eigenvalue weighted by atomic mass is 10.1. The summed E-state index contributed by atoms with van der Waals surface area (Å²) in [6.07, 6.45) is 0. The number of hydrogen-bond acceptors (Lipinski definition) is 5. The first-order valence-corrected chi connectivity index (χ1v) is 9.35. The lowest BCUT2D eigenvalue weighted by Crippen LogP contribution is -2.21. The smallest absolute Gasteiger partial charge is 0.348 e. The second kappa shape index (κ2) is 7.28. The molecule has 1 heterocycles. The third-order valence-electron chi connectivity index (χ3n) is 3.76. The van der Waals surface area contributed by atoms with Gasteiger partial charge in [-0.15, -0.1) is 11.3 Å². The summed E-state index contributed by atoms with van der Waals surface area (Å²) in [5, 5.41) is 19.0. The number of benzene rings is 2. The number of nitrogens with zero attached hydrogens (tertiary/aromatic N) is 1. The van der Waals surface area contributed by atoms with Crippen LogP contribution in [0, 0.1) is 6.92 Å². The zero-order valence-electron chi connectivity index (χ0n) is 13.6. The Balaban J connectivity index is 2.18. The fraction of sp³-hybridized carbons (Fsp3) is 0.0556. The molecule has 0 saturated carbocycles. The summed E-state index contributed by atoms with van der Waals surface area (Å²) < 4.78 is 24.8. The van der Waals surface area contributed by atoms with Crippen molar-refractivity contribution in [3.8, 4) is 16.2 Å². The number of carboxylic acid groups (broad SMARTS) is 1. The van der Waals surface area contributed by atoms with E-state index in [1.165, 1.54) is 18.2 Å². The van der Waals surface area contributed by atoms with E-state index in [-0.39, 0.29) is 16.3 Å². The molecule has 0 radical (unpaired) electrons. The van der Waals surface area contributed by atoms with E-state index in [1.54, 1.807) is 43.3 Å². The second-order valence-corrected chi connectivity index (χ2v) is 7.33. The summed E-state index contributed by atoms with van der Waals surface area (Å²) in [6, 6.07) is 14.6. The van der Waals surface area contributed by atoms with Crippen LogP contribution in [0.1, 0.15) is 15.2 Å². The number of aryl methyl sites for hydroxylation is 1. The van der Waals surface area contributed by atoms with E-state index in [1.807, 2.05) is 0 Å². The molecular formula is C18H14NO5S2-. The zero-order chi connectivity index (χ0) is 18.8. The topological polar surface area (TPSA) is 101 Å². The van der Waals surface area contributed by atoms with Gasteiger partial charge in [0.05, 0.1) is 22.6 Å². The Kier molecular flexibility index (Phi) is 5.08. The highest BCUT2D eigenvalue weighted by molar-refractivity contribution is 7.81. The largest absolute Gasteiger partial charge is 0.755 e. The molecule has 1 atom stereocenters. The highest BCUT2D eigenvalue weighted by Crippen LogP contribution is 2.41. The van der Waals surface area contributed by atoms with Crippen molar-refractivity contribution in [2.75, 3.05) is 4.31 Å². The molecular weight excluding hydrogens is 374 g/mol. The summed E-state index contributed by atoms with van der Waals surface area (Å²) in [7, 11) is 0. The molecule has 8 heteroatoms. The summed E-state index contributed by atoms with van der Waals surface area (Å²) in [4.78, 5) is 12.2. The molecule has 6 nitrogen and oxygen atoms in total. The fourth-order valence-corrected chi connectivity index (χ4v) is 4.25. The van der Waals surface area contributed by atoms with Gasteiger partial charge in [0.1, 0.15) is 10.6 Å². The molecule has 0 spiro atoms. The van der Waals surface area contributed by atoms with E-state index in [0.717, 1.165) is 15.6 Å². The van der Waals surface area contributed by atoms with Gasteiger partial charge in [-0.3, -0.25) is 8.51 Å². The quantitative estimate of drug-likeness (QED) is 0.642. The van der Waals surface area contributed by atoms with Crippen molar-refractivity contribution in [3.63, 3.8) is 0 Å². The van der Waals surface area contributed by atoms with E-state index >= 15 is 0 Å². The number of anilines is 2. The molecule has 0 fully saturated rings. The maximum Gasteiger partial charge on any atom is 0.348 e. The Labute approximate surface area is 156 Å². The molecule has 1 unspecified atom stereocenters. The second-order valence-electron chi connectivity index (χ2n) is 5.48. The molecule has 1 aromatic heterocycles. The van der Waals surface area contributed by atoms with E-state index in [4.69, 9.17) is 0 Å². The van der Waals surface area contributed by atoms with Crippen LogP contribution in [0.2, 0.25) is 0 Å². The molecule has 3 rings (SSSR count). The van der Waals surface area contributed by atoms with Gasteiger partial charge in [0, 0.05) is 4.88 Å². The van der Waals surface area contributed by atoms with Crippen LogP contribution in [0.15, 0.2) is 54.6 Å². The van der Waals surface area contributed by atoms with E-state index < -0.39 is 17.2 Å². The number of aromatic hydroxyl groups is 1. The van der Waals surface area contributed by atoms with Crippen molar-refractivity contribution in [2.24, 2.45) is 0 Å². The minimum absolute atomic E-state index is 0.0770. The maximum atomic E-state index is 11.9. The predicted molar refractivity (Wildman–Crippen MR) is 101 cm³/mol. The molecule has 3 aromatic rings. The van der Waals surface area contributed by atoms with E-state index in [0.29, 0.717) is 21.7 Å². The predicted octanol–water partition coefficient (Wildman–Crippen LogP) is 4.06. The van der Waals surface area contributed by atoms with Gasteiger partial charge in [-0.05, 0) is 54.4 Å². The Morgan fingerprint density at radius 1 is 1.12 bits per heavy atom. The highest BCUT2D eigenvalue weighted by atomic mass is 32.2. The first kappa shape index (κ1) is 18.1. The molecule has 0 aliphatic heterocycles. The van der Waals surface area contributed by atoms with Crippen LogP contribution in [-0.4, -0.2) is 24.9 Å². The van der Waals surface area contributed by atoms with Crippen LogP contribution in [-0.2, 0) is 11.3 Å². The third kappa shape index (κ3) is 3.48. The van der Waals surface area contributed by atoms with Crippen LogP contribution in [0.5, 0.6) is 5.75 Å². The van der Waals surface area contributed by atoms with E-state index in [9.17, 15) is 23.8 Å². The van der Waals surface area contributed by atoms with Crippen molar-refractivity contribution in [2.45, 2.75) is 6.92 Å². The highest BCUT2D eigenvalue weighted by Gasteiger charge is 2.24. The fourth-order valence-electron chi connectivity index (χ4n) is 2.54. The van der Waals surface area contributed by atoms with Gasteiger partial charge in [0.15, 0.2) is 0 Å². The van der Waals surface area contributed by atoms with Gasteiger partial charge in [-0.2, -0.15) is 0 Å². The van der Waals surface area contributed by atoms with Crippen molar-refractivity contribution in [3.05, 3.63) is 65.0 Å². The number of thiophene rings is 1. The van der Waals surface area contributed by atoms with Crippen LogP contribution in [0.25, 0.3) is 10.4 Å². The monoisotopic (exact) mass is 388 g/mol. The molecule has 0 bridgehead atoms. The number of rotatable bonds is 5. The number of aromatic carboxylic acids is 1. The first-order chi connectivity index (χ1) is 12.4. The molecule has 0 aliphatic carbocycles. The Bertz CT molecular complexity index is 982. The van der Waals surface area contributed by atoms with Crippen LogP contribution in [0.4, 0.5) is 11.4 Å². The first-order valence-electron chi connectivity index (χ1n) is 7.50. The van der Waals surface area contributed by atoms with Gasteiger partial charge in [-0.25, -0.2) is 4.79 Å². The van der Waals surface area contributed by atoms with Crippen molar-refractivity contribution in [1.29, 1.82) is 0 Å². The molecule has 2 N–H and O–H groups in total. The third-order valence-corrected chi connectivity index (χ3v) is 5.61. The van der Waals surface area contributed by atoms with Crippen molar-refractivity contribution in [1.82, 2.24) is 0 Å². The Morgan fingerprint density at radius 2 is 1.77 bits per heavy atom. The zero-order valence-corrected chi connectivity index (χ0v) is 15.2. The van der Waals surface area contributed by atoms with Gasteiger partial charge in [0.25, 0.3) is 0 Å². The van der Waals surface area contributed by atoms with Gasteiger partial charge >= 0.3 is 5.97 Å². The lowest BCUT2D eigenvalue weighted by molar-refractivity contribution is 0.0703. The number of carboxylic acids is 1. The molecule has 0 saturated heterocycles. The standard InChI is InChI=1S/C18H15NO5S2/c1-11-4-2-3-5-14(11)19(26(23)24)15-10-16(25-17(15)18(21)22)12-6-8-13(20)9-7-12/h2-10,20H,1H3,(H,21,22)(H,23,24)/p-1. The maximum absolute atomic E-state index is 11.9. The van der Waals surface area contributed by atoms with E-state index in [2.05, 4.69) is 0 Å². The number of phenolic OH excluding ortho intramolecular Hbond substituents is 1. The van der Waals surface area contributed by atoms with Crippen molar-refractivity contribution < 1.29 is 23.8 Å². The van der Waals surface area contributed by atoms with Crippen molar-refractivity contribution >= 4 is 39.9 Å². The molecule has 0 amide bonds. The SMILES string of the molecule is Cc1ccccc1N(c1cc(-c2ccc(O)cc2)sc1C(=O)O)S(=O)[O-]. The van der Waals surface area contributed by atoms with Gasteiger partial charge < -0.3 is 14.8 Å². The van der Waals surface area contributed by atoms with Crippen LogP contribution in [0.3, 0.4) is 0 Å². The van der Waals surface area contributed by atoms with Crippen LogP contribution >= 0.6 is 11.3 Å². The summed E-state index contributed by atoms with van der Waals surface area (Å²) >= 11 is -1.73. The minimum Gasteiger partial charge on any atom is -0.755 e. The minimum atomic E-state index is -2.70. The summed E-state index contributed by atoms with van der Waals surface area (Å²) in [6.45, 7) is 1.75. The summed E-state index contributed by atoms with van der Waals surface area (Å²) in [5.41, 5.74) is 1.85. The molecule has 26 heavy (non-hydrogen) atoms. The average Bonchev–Trinajstić information content (AvgIpc) is 3.02. The van der Waals surface area contributed by atoms with Crippen LogP contribution < -0.4 is 4.31 Å². The number of para-hydroxylation sites is 1. The molecule has 0 aliphatic rings. The normalized spacial score (nSPS) is 11.9. The summed E-state index contributed by atoms with van der Waals surface area (Å²) in [5.74, 6) is -1.12. The number of hydrogen-bond donors (Lipinski definition) is 2. The molecule has 2 aromatic carbocycles. The molecule has 134 valence electrons. The average molecular weight is 388 g/mol. The Morgan fingerprint density at radius 3 is 2.35 bits per heavy atom. The van der Waals surface area contributed by atoms with Gasteiger partial charge in [0.2, 0.25) is 0 Å². The lowest BCUT2D eigenvalue weighted by Gasteiger charge is -2.27. The number of phenols is 1. The number of carbonyl (C=O) groups is 1. The van der Waals surface area contributed by atoms with Gasteiger partial charge in [-0.1, -0.05) is 18.2 Å².